The molecule has 3 aromatic rings. The maximum Gasteiger partial charge on any atom is 0.293 e. The number of rotatable bonds is 7. The van der Waals surface area contributed by atoms with E-state index in [1.54, 1.807) is 6.08 Å². The molecular formula is C27H27N3O3S. The number of benzene rings is 2. The molecule has 0 unspecified atom stereocenters. The van der Waals surface area contributed by atoms with Gasteiger partial charge < -0.3 is 9.47 Å². The summed E-state index contributed by atoms with van der Waals surface area (Å²) in [4.78, 5) is 42.0. The molecule has 174 valence electrons. The molecule has 2 aromatic carbocycles. The van der Waals surface area contributed by atoms with Crippen LogP contribution < -0.4 is 0 Å². The summed E-state index contributed by atoms with van der Waals surface area (Å²) < 4.78 is 1.95. The van der Waals surface area contributed by atoms with Gasteiger partial charge in [-0.15, -0.1) is 0 Å². The summed E-state index contributed by atoms with van der Waals surface area (Å²) in [6.07, 6.45) is 7.38. The Balaban J connectivity index is 1.33. The van der Waals surface area contributed by atoms with Crippen LogP contribution in [0, 0.1) is 0 Å². The van der Waals surface area contributed by atoms with E-state index in [0.717, 1.165) is 67.0 Å². The molecular weight excluding hydrogens is 446 g/mol. The molecule has 0 atom stereocenters. The lowest BCUT2D eigenvalue weighted by molar-refractivity contribution is -0.130. The van der Waals surface area contributed by atoms with E-state index in [1.165, 1.54) is 10.5 Å². The van der Waals surface area contributed by atoms with Crippen LogP contribution in [0.25, 0.3) is 17.0 Å². The monoisotopic (exact) mass is 473 g/mol. The van der Waals surface area contributed by atoms with Crippen LogP contribution in [0.4, 0.5) is 4.79 Å². The topological polar surface area (TPSA) is 62.6 Å². The molecule has 2 aliphatic heterocycles. The molecule has 3 heterocycles. The molecule has 34 heavy (non-hydrogen) atoms. The number of thioether (sulfide) groups is 1. The van der Waals surface area contributed by atoms with Gasteiger partial charge >= 0.3 is 0 Å². The first kappa shape index (κ1) is 22.5. The Morgan fingerprint density at radius 3 is 2.50 bits per heavy atom. The Bertz CT molecular complexity index is 1260. The van der Waals surface area contributed by atoms with Gasteiger partial charge in [0, 0.05) is 42.3 Å². The molecule has 0 spiro atoms. The first-order valence-electron chi connectivity index (χ1n) is 11.7. The van der Waals surface area contributed by atoms with Crippen LogP contribution in [0.2, 0.25) is 0 Å². The fourth-order valence-electron chi connectivity index (χ4n) is 4.65. The van der Waals surface area contributed by atoms with Crippen LogP contribution in [0.1, 0.15) is 30.4 Å². The van der Waals surface area contributed by atoms with E-state index in [0.29, 0.717) is 11.4 Å². The molecule has 6 nitrogen and oxygen atoms in total. The molecule has 5 rings (SSSR count). The van der Waals surface area contributed by atoms with Crippen LogP contribution in [-0.2, 0) is 22.6 Å². The number of aryl methyl sites for hydroxylation is 1. The molecule has 2 fully saturated rings. The van der Waals surface area contributed by atoms with E-state index >= 15 is 0 Å². The summed E-state index contributed by atoms with van der Waals surface area (Å²) >= 11 is 0.989. The maximum atomic E-state index is 13.0. The van der Waals surface area contributed by atoms with Crippen molar-refractivity contribution < 1.29 is 14.4 Å². The van der Waals surface area contributed by atoms with E-state index in [-0.39, 0.29) is 23.6 Å². The minimum Gasteiger partial charge on any atom is -0.341 e. The van der Waals surface area contributed by atoms with Crippen molar-refractivity contribution in [2.24, 2.45) is 0 Å². The van der Waals surface area contributed by atoms with Crippen LogP contribution in [0.3, 0.4) is 0 Å². The van der Waals surface area contributed by atoms with Crippen LogP contribution in [0.15, 0.2) is 65.7 Å². The molecule has 1 aromatic heterocycles. The van der Waals surface area contributed by atoms with E-state index in [9.17, 15) is 14.4 Å². The molecule has 0 aliphatic carbocycles. The number of nitrogens with zero attached hydrogens (tertiary/aromatic N) is 3. The van der Waals surface area contributed by atoms with Gasteiger partial charge in [-0.1, -0.05) is 48.5 Å². The average molecular weight is 474 g/mol. The van der Waals surface area contributed by atoms with Crippen molar-refractivity contribution in [2.45, 2.75) is 32.2 Å². The average Bonchev–Trinajstić information content (AvgIpc) is 3.56. The Hall–Kier alpha value is -3.32. The number of imide groups is 1. The quantitative estimate of drug-likeness (QED) is 0.457. The molecule has 2 aliphatic rings. The van der Waals surface area contributed by atoms with E-state index in [4.69, 9.17) is 0 Å². The fourth-order valence-corrected chi connectivity index (χ4v) is 5.51. The van der Waals surface area contributed by atoms with Gasteiger partial charge in [0.05, 0.1) is 4.91 Å². The number of likely N-dealkylation sites (tertiary alicyclic amines) is 1. The molecule has 2 saturated heterocycles. The minimum absolute atomic E-state index is 0.114. The second kappa shape index (κ2) is 9.89. The third-order valence-electron chi connectivity index (χ3n) is 6.43. The van der Waals surface area contributed by atoms with Gasteiger partial charge in [-0.05, 0) is 55.2 Å². The summed E-state index contributed by atoms with van der Waals surface area (Å²) in [5.74, 6) is -0.128. The van der Waals surface area contributed by atoms with Gasteiger partial charge in [0.1, 0.15) is 6.54 Å². The number of para-hydroxylation sites is 1. The number of carbonyl (C=O) groups is 3. The van der Waals surface area contributed by atoms with Crippen molar-refractivity contribution in [1.82, 2.24) is 14.4 Å². The molecule has 7 heteroatoms. The lowest BCUT2D eigenvalue weighted by atomic mass is 10.1. The molecule has 0 N–H and O–H groups in total. The number of aromatic nitrogens is 1. The Labute approximate surface area is 203 Å². The summed E-state index contributed by atoms with van der Waals surface area (Å²) in [6, 6.07) is 17.9. The highest BCUT2D eigenvalue weighted by molar-refractivity contribution is 8.18. The minimum atomic E-state index is -0.243. The highest BCUT2D eigenvalue weighted by Crippen LogP contribution is 2.34. The van der Waals surface area contributed by atoms with Gasteiger partial charge in [0.25, 0.3) is 11.1 Å². The first-order valence-corrected chi connectivity index (χ1v) is 12.6. The van der Waals surface area contributed by atoms with Crippen LogP contribution in [0.5, 0.6) is 0 Å². The van der Waals surface area contributed by atoms with Crippen molar-refractivity contribution >= 4 is 45.8 Å². The Morgan fingerprint density at radius 1 is 0.971 bits per heavy atom. The predicted octanol–water partition coefficient (Wildman–Crippen LogP) is 4.93. The van der Waals surface area contributed by atoms with Gasteiger partial charge in [0.2, 0.25) is 5.91 Å². The number of amides is 3. The molecule has 0 radical (unpaired) electrons. The maximum absolute atomic E-state index is 13.0. The lowest BCUT2D eigenvalue weighted by Gasteiger charge is -2.15. The number of fused-ring (bicyclic) bond motifs is 1. The molecule has 0 bridgehead atoms. The van der Waals surface area contributed by atoms with Gasteiger partial charge in [-0.3, -0.25) is 19.3 Å². The van der Waals surface area contributed by atoms with E-state index in [2.05, 4.69) is 12.1 Å². The molecule has 0 saturated carbocycles. The van der Waals surface area contributed by atoms with E-state index in [1.807, 2.05) is 58.1 Å². The summed E-state index contributed by atoms with van der Waals surface area (Å²) in [5.41, 5.74) is 2.99. The fraction of sp³-hybridized carbons (Fsp3) is 0.296. The second-order valence-electron chi connectivity index (χ2n) is 8.74. The zero-order valence-electron chi connectivity index (χ0n) is 19.0. The largest absolute Gasteiger partial charge is 0.341 e. The predicted molar refractivity (Wildman–Crippen MR) is 135 cm³/mol. The zero-order valence-corrected chi connectivity index (χ0v) is 19.8. The smallest absolute Gasteiger partial charge is 0.293 e. The van der Waals surface area contributed by atoms with Crippen molar-refractivity contribution in [3.8, 4) is 0 Å². The van der Waals surface area contributed by atoms with Gasteiger partial charge in [-0.2, -0.15) is 0 Å². The first-order chi connectivity index (χ1) is 16.6. The Kier molecular flexibility index (Phi) is 6.54. The number of hydrogen-bond donors (Lipinski definition) is 0. The summed E-state index contributed by atoms with van der Waals surface area (Å²) in [5, 5.41) is 0.741. The third-order valence-corrected chi connectivity index (χ3v) is 7.34. The van der Waals surface area contributed by atoms with Crippen molar-refractivity contribution in [2.75, 3.05) is 19.6 Å². The van der Waals surface area contributed by atoms with Gasteiger partial charge in [0.15, 0.2) is 0 Å². The van der Waals surface area contributed by atoms with Crippen LogP contribution >= 0.6 is 11.8 Å². The SMILES string of the molecule is O=C(Cn1cc(/C=C2\SC(=O)N(CCCc3ccccc3)C2=O)c2ccccc21)N1CCCC1. The standard InChI is InChI=1S/C27H27N3O3S/c31-25(28-14-6-7-15-28)19-29-18-21(22-12-4-5-13-23(22)29)17-24-26(32)30(27(33)34-24)16-8-11-20-9-2-1-3-10-20/h1-5,9-10,12-13,17-18H,6-8,11,14-16,19H2/b24-17-. The normalized spacial score (nSPS) is 17.5. The van der Waals surface area contributed by atoms with Crippen molar-refractivity contribution in [3.05, 3.63) is 76.8 Å². The second-order valence-corrected chi connectivity index (χ2v) is 9.73. The summed E-state index contributed by atoms with van der Waals surface area (Å²) in [7, 11) is 0. The highest BCUT2D eigenvalue weighted by atomic mass is 32.2. The van der Waals surface area contributed by atoms with E-state index < -0.39 is 0 Å². The Morgan fingerprint density at radius 2 is 1.71 bits per heavy atom. The van der Waals surface area contributed by atoms with Gasteiger partial charge in [-0.25, -0.2) is 0 Å². The summed E-state index contributed by atoms with van der Waals surface area (Å²) in [6.45, 7) is 2.32. The highest BCUT2D eigenvalue weighted by Gasteiger charge is 2.34. The van der Waals surface area contributed by atoms with Crippen molar-refractivity contribution in [1.29, 1.82) is 0 Å². The molecule has 3 amide bonds. The number of carbonyl (C=O) groups excluding carboxylic acids is 3. The van der Waals surface area contributed by atoms with Crippen molar-refractivity contribution in [3.63, 3.8) is 0 Å². The third kappa shape index (κ3) is 4.66. The lowest BCUT2D eigenvalue weighted by Crippen LogP contribution is -2.30. The van der Waals surface area contributed by atoms with Crippen LogP contribution in [-0.4, -0.2) is 51.1 Å². The number of hydrogen-bond acceptors (Lipinski definition) is 4. The zero-order chi connectivity index (χ0) is 23.5.